The number of hydrogen-bond donors (Lipinski definition) is 0. The molecule has 0 saturated heterocycles. The number of benzene rings is 1. The summed E-state index contributed by atoms with van der Waals surface area (Å²) in [5, 5.41) is 0. The van der Waals surface area contributed by atoms with Crippen LogP contribution in [0.15, 0.2) is 36.4 Å². The van der Waals surface area contributed by atoms with Crippen LogP contribution in [-0.2, 0) is 5.41 Å². The fourth-order valence-corrected chi connectivity index (χ4v) is 1.82. The number of methoxy groups -OCH3 is 1. The van der Waals surface area contributed by atoms with E-state index in [1.54, 1.807) is 7.11 Å². The second-order valence-electron chi connectivity index (χ2n) is 5.00. The molecule has 0 atom stereocenters. The normalized spacial score (nSPS) is 12.0. The molecule has 0 fully saturated rings. The first-order chi connectivity index (χ1) is 8.10. The van der Waals surface area contributed by atoms with Crippen molar-refractivity contribution < 1.29 is 4.74 Å². The Morgan fingerprint density at radius 1 is 1.29 bits per heavy atom. The predicted octanol–water partition coefficient (Wildman–Crippen LogP) is 4.72. The van der Waals surface area contributed by atoms with Gasteiger partial charge in [-0.3, -0.25) is 0 Å². The van der Waals surface area contributed by atoms with Crippen molar-refractivity contribution >= 4 is 0 Å². The van der Waals surface area contributed by atoms with Crippen LogP contribution in [-0.4, -0.2) is 7.11 Å². The quantitative estimate of drug-likeness (QED) is 0.509. The molecule has 0 aliphatic heterocycles. The van der Waals surface area contributed by atoms with E-state index in [0.717, 1.165) is 5.75 Å². The van der Waals surface area contributed by atoms with Crippen LogP contribution in [0.2, 0.25) is 0 Å². The van der Waals surface area contributed by atoms with Crippen LogP contribution >= 0.6 is 0 Å². The van der Waals surface area contributed by atoms with Crippen LogP contribution in [0, 0.1) is 0 Å². The molecule has 0 amide bonds. The second-order valence-corrected chi connectivity index (χ2v) is 5.00. The molecule has 1 rings (SSSR count). The topological polar surface area (TPSA) is 9.23 Å². The van der Waals surface area contributed by atoms with Crippen LogP contribution in [0.1, 0.15) is 45.6 Å². The summed E-state index contributed by atoms with van der Waals surface area (Å²) >= 11 is 0. The Bertz CT molecular complexity index is 364. The highest BCUT2D eigenvalue weighted by Crippen LogP contribution is 2.27. The maximum atomic E-state index is 5.27. The van der Waals surface area contributed by atoms with Crippen LogP contribution in [0.3, 0.4) is 0 Å². The van der Waals surface area contributed by atoms with E-state index in [0.29, 0.717) is 0 Å². The second kappa shape index (κ2) is 6.48. The lowest BCUT2D eigenvalue weighted by Crippen LogP contribution is -2.13. The van der Waals surface area contributed by atoms with Crippen LogP contribution in [0.5, 0.6) is 5.75 Å². The molecule has 0 N–H and O–H groups in total. The zero-order chi connectivity index (χ0) is 12.7. The Labute approximate surface area is 106 Å². The molecule has 1 heteroatoms. The summed E-state index contributed by atoms with van der Waals surface area (Å²) in [6, 6.07) is 8.31. The lowest BCUT2D eigenvalue weighted by Gasteiger charge is -2.21. The molecule has 0 aromatic heterocycles. The molecule has 0 radical (unpaired) electrons. The van der Waals surface area contributed by atoms with Gasteiger partial charge in [0.2, 0.25) is 0 Å². The van der Waals surface area contributed by atoms with Crippen LogP contribution in [0.4, 0.5) is 0 Å². The Morgan fingerprint density at radius 3 is 2.71 bits per heavy atom. The minimum Gasteiger partial charge on any atom is -0.497 e. The summed E-state index contributed by atoms with van der Waals surface area (Å²) < 4.78 is 5.27. The van der Waals surface area contributed by atoms with E-state index in [2.05, 4.69) is 51.1 Å². The molecule has 0 unspecified atom stereocenters. The molecular weight excluding hydrogens is 208 g/mol. The third-order valence-corrected chi connectivity index (χ3v) is 3.07. The van der Waals surface area contributed by atoms with Crippen LogP contribution in [0.25, 0.3) is 0 Å². The van der Waals surface area contributed by atoms with E-state index >= 15 is 0 Å². The summed E-state index contributed by atoms with van der Waals surface area (Å²) in [4.78, 5) is 0. The molecule has 94 valence electrons. The first-order valence-corrected chi connectivity index (χ1v) is 6.42. The van der Waals surface area contributed by atoms with Crippen molar-refractivity contribution in [3.8, 4) is 5.75 Å². The predicted molar refractivity (Wildman–Crippen MR) is 74.7 cm³/mol. The fourth-order valence-electron chi connectivity index (χ4n) is 1.82. The number of rotatable bonds is 6. The van der Waals surface area contributed by atoms with Crippen molar-refractivity contribution in [2.45, 2.75) is 45.4 Å². The standard InChI is InChI=1S/C16H24O/c1-5-6-7-8-12-16(2,3)14-10-9-11-15(13-14)17-4/h8-13H,5-7H2,1-4H3/b12-8+. The van der Waals surface area contributed by atoms with Gasteiger partial charge in [0.05, 0.1) is 7.11 Å². The van der Waals surface area contributed by atoms with Crippen LogP contribution < -0.4 is 4.74 Å². The van der Waals surface area contributed by atoms with Crippen molar-refractivity contribution in [3.63, 3.8) is 0 Å². The molecular formula is C16H24O. The molecule has 0 aliphatic rings. The number of unbranched alkanes of at least 4 members (excludes halogenated alkanes) is 2. The zero-order valence-electron chi connectivity index (χ0n) is 11.5. The number of ether oxygens (including phenoxy) is 1. The lowest BCUT2D eigenvalue weighted by molar-refractivity contribution is 0.413. The van der Waals surface area contributed by atoms with Crippen molar-refractivity contribution in [3.05, 3.63) is 42.0 Å². The first-order valence-electron chi connectivity index (χ1n) is 6.42. The van der Waals surface area contributed by atoms with Gasteiger partial charge in [-0.2, -0.15) is 0 Å². The fraction of sp³-hybridized carbons (Fsp3) is 0.500. The number of allylic oxidation sites excluding steroid dienone is 2. The maximum Gasteiger partial charge on any atom is 0.119 e. The van der Waals surface area contributed by atoms with E-state index in [-0.39, 0.29) is 5.41 Å². The van der Waals surface area contributed by atoms with Gasteiger partial charge in [-0.25, -0.2) is 0 Å². The van der Waals surface area contributed by atoms with E-state index < -0.39 is 0 Å². The third-order valence-electron chi connectivity index (χ3n) is 3.07. The highest BCUT2D eigenvalue weighted by molar-refractivity contribution is 5.35. The molecule has 1 aromatic carbocycles. The minimum absolute atomic E-state index is 0.0717. The molecule has 0 aliphatic carbocycles. The Kier molecular flexibility index (Phi) is 5.27. The van der Waals surface area contributed by atoms with E-state index in [1.807, 2.05) is 6.07 Å². The monoisotopic (exact) mass is 232 g/mol. The summed E-state index contributed by atoms with van der Waals surface area (Å²) in [5.41, 5.74) is 1.37. The highest BCUT2D eigenvalue weighted by Gasteiger charge is 2.16. The van der Waals surface area contributed by atoms with E-state index in [4.69, 9.17) is 4.74 Å². The van der Waals surface area contributed by atoms with Gasteiger partial charge in [0.25, 0.3) is 0 Å². The smallest absolute Gasteiger partial charge is 0.119 e. The van der Waals surface area contributed by atoms with Crippen molar-refractivity contribution in [2.75, 3.05) is 7.11 Å². The Balaban J connectivity index is 2.77. The molecule has 0 heterocycles. The minimum atomic E-state index is 0.0717. The molecule has 1 aromatic rings. The van der Waals surface area contributed by atoms with Gasteiger partial charge >= 0.3 is 0 Å². The summed E-state index contributed by atoms with van der Waals surface area (Å²) in [6.07, 6.45) is 8.29. The molecule has 0 bridgehead atoms. The zero-order valence-corrected chi connectivity index (χ0v) is 11.5. The first kappa shape index (κ1) is 13.8. The number of hydrogen-bond acceptors (Lipinski definition) is 1. The maximum absolute atomic E-state index is 5.27. The van der Waals surface area contributed by atoms with Crippen molar-refractivity contribution in [2.24, 2.45) is 0 Å². The Morgan fingerprint density at radius 2 is 2.06 bits per heavy atom. The Hall–Kier alpha value is -1.24. The van der Waals surface area contributed by atoms with Gasteiger partial charge in [0, 0.05) is 5.41 Å². The van der Waals surface area contributed by atoms with Gasteiger partial charge in [-0.1, -0.05) is 57.9 Å². The van der Waals surface area contributed by atoms with Gasteiger partial charge in [0.1, 0.15) is 5.75 Å². The molecule has 17 heavy (non-hydrogen) atoms. The lowest BCUT2D eigenvalue weighted by atomic mass is 9.84. The third kappa shape index (κ3) is 4.26. The average Bonchev–Trinajstić information content (AvgIpc) is 2.35. The highest BCUT2D eigenvalue weighted by atomic mass is 16.5. The average molecular weight is 232 g/mol. The van der Waals surface area contributed by atoms with E-state index in [1.165, 1.54) is 24.8 Å². The molecule has 1 nitrogen and oxygen atoms in total. The van der Waals surface area contributed by atoms with Gasteiger partial charge in [0.15, 0.2) is 0 Å². The van der Waals surface area contributed by atoms with E-state index in [9.17, 15) is 0 Å². The van der Waals surface area contributed by atoms with Crippen molar-refractivity contribution in [1.82, 2.24) is 0 Å². The van der Waals surface area contributed by atoms with Gasteiger partial charge < -0.3 is 4.74 Å². The van der Waals surface area contributed by atoms with Gasteiger partial charge in [-0.15, -0.1) is 0 Å². The van der Waals surface area contributed by atoms with Gasteiger partial charge in [-0.05, 0) is 24.1 Å². The summed E-state index contributed by atoms with van der Waals surface area (Å²) in [7, 11) is 1.71. The largest absolute Gasteiger partial charge is 0.497 e. The van der Waals surface area contributed by atoms with Crippen molar-refractivity contribution in [1.29, 1.82) is 0 Å². The summed E-state index contributed by atoms with van der Waals surface area (Å²) in [5.74, 6) is 0.928. The molecule has 0 spiro atoms. The molecule has 0 saturated carbocycles. The summed E-state index contributed by atoms with van der Waals surface area (Å²) in [6.45, 7) is 6.70. The SMILES string of the molecule is CCCC/C=C/C(C)(C)c1cccc(OC)c1.